The number of nitrogens with one attached hydrogen (secondary N) is 6. The van der Waals surface area contributed by atoms with E-state index in [-0.39, 0.29) is 68.8 Å². The highest BCUT2D eigenvalue weighted by atomic mass is 16.4. The second-order valence-electron chi connectivity index (χ2n) is 15.5. The molecule has 6 atom stereocenters. The predicted octanol–water partition coefficient (Wildman–Crippen LogP) is -1.95. The van der Waals surface area contributed by atoms with E-state index >= 15 is 0 Å². The van der Waals surface area contributed by atoms with E-state index in [9.17, 15) is 43.5 Å². The van der Waals surface area contributed by atoms with E-state index in [4.69, 9.17) is 22.9 Å². The highest BCUT2D eigenvalue weighted by Crippen LogP contribution is 2.11. The van der Waals surface area contributed by atoms with Crippen LogP contribution in [0.3, 0.4) is 0 Å². The van der Waals surface area contributed by atoms with Crippen molar-refractivity contribution in [3.8, 4) is 0 Å². The van der Waals surface area contributed by atoms with E-state index in [2.05, 4.69) is 36.9 Å². The van der Waals surface area contributed by atoms with Gasteiger partial charge in [0, 0.05) is 13.0 Å². The van der Waals surface area contributed by atoms with Crippen molar-refractivity contribution >= 4 is 53.3 Å². The van der Waals surface area contributed by atoms with Crippen molar-refractivity contribution in [1.82, 2.24) is 31.9 Å². The van der Waals surface area contributed by atoms with Crippen molar-refractivity contribution in [2.75, 3.05) is 13.1 Å². The molecule has 0 aromatic heterocycles. The first-order chi connectivity index (χ1) is 25.9. The molecule has 0 spiro atoms. The number of guanidine groups is 1. The number of aliphatic imine (C=N–C) groups is 1. The molecule has 0 aromatic rings. The molecule has 20 nitrogen and oxygen atoms in total. The molecule has 0 heterocycles. The Morgan fingerprint density at radius 3 is 1.46 bits per heavy atom. The standard InChI is InChI=1S/C36H67N11O9/c1-18(2)14-24(34(54)47-29(21(7)8)35(55)56)43-28(49)17-42-31(51)23(11-12-27(38)48)44-32(52)26(16-20(5)6)46-33(53)25(15-19(3)4)45-30(50)22(37)10-9-13-41-36(39)40/h18-26,29H,9-17,37H2,1-8H3,(H2,38,48)(H,42,51)(H,43,49)(H,44,52)(H,45,50)(H,46,53)(H,47,54)(H,55,56)(H4,39,40,41)/t22-,23-,24-,25-,26-,29-/m0/s1. The summed E-state index contributed by atoms with van der Waals surface area (Å²) in [5.41, 5.74) is 22.0. The molecule has 7 amide bonds. The second-order valence-corrected chi connectivity index (χ2v) is 15.5. The number of carbonyl (C=O) groups is 8. The van der Waals surface area contributed by atoms with E-state index in [1.165, 1.54) is 0 Å². The van der Waals surface area contributed by atoms with Crippen LogP contribution in [0.25, 0.3) is 0 Å². The third-order valence-electron chi connectivity index (χ3n) is 8.31. The molecule has 0 rings (SSSR count). The SMILES string of the molecule is CC(C)C[C@H](NC(=O)CNC(=O)[C@H](CCC(N)=O)NC(=O)[C@H](CC(C)C)NC(=O)[C@H](CC(C)C)NC(=O)[C@@H](N)CCCN=C(N)N)C(=O)N[C@H](C(=O)O)C(C)C. The van der Waals surface area contributed by atoms with Crippen molar-refractivity contribution < 1.29 is 43.5 Å². The maximum Gasteiger partial charge on any atom is 0.326 e. The van der Waals surface area contributed by atoms with E-state index in [1.54, 1.807) is 13.8 Å². The van der Waals surface area contributed by atoms with Gasteiger partial charge in [-0.1, -0.05) is 55.4 Å². The van der Waals surface area contributed by atoms with Crippen LogP contribution in [0.5, 0.6) is 0 Å². The number of amides is 7. The summed E-state index contributed by atoms with van der Waals surface area (Å²) in [5.74, 6) is -7.07. The average Bonchev–Trinajstić information content (AvgIpc) is 3.07. The van der Waals surface area contributed by atoms with Gasteiger partial charge in [0.05, 0.1) is 12.6 Å². The lowest BCUT2D eigenvalue weighted by Crippen LogP contribution is -2.58. The van der Waals surface area contributed by atoms with Crippen LogP contribution < -0.4 is 54.8 Å². The van der Waals surface area contributed by atoms with Crippen LogP contribution in [-0.4, -0.2) is 108 Å². The molecule has 0 fully saturated rings. The Balaban J connectivity index is 5.92. The number of hydrogen-bond acceptors (Lipinski definition) is 10. The first-order valence-corrected chi connectivity index (χ1v) is 19.1. The third-order valence-corrected chi connectivity index (χ3v) is 8.31. The van der Waals surface area contributed by atoms with Gasteiger partial charge < -0.3 is 59.9 Å². The number of carboxylic acids is 1. The molecule has 0 aliphatic heterocycles. The minimum atomic E-state index is -1.37. The maximum atomic E-state index is 13.7. The van der Waals surface area contributed by atoms with Crippen LogP contribution in [0.15, 0.2) is 4.99 Å². The van der Waals surface area contributed by atoms with Crippen molar-refractivity contribution in [2.24, 2.45) is 51.6 Å². The number of nitrogens with zero attached hydrogens (tertiary/aromatic N) is 1. The molecule has 56 heavy (non-hydrogen) atoms. The fraction of sp³-hybridized carbons (Fsp3) is 0.750. The summed E-state index contributed by atoms with van der Waals surface area (Å²) < 4.78 is 0. The van der Waals surface area contributed by atoms with Crippen molar-refractivity contribution in [3.63, 3.8) is 0 Å². The topological polar surface area (TPSA) is 345 Å². The highest BCUT2D eigenvalue weighted by molar-refractivity contribution is 5.96. The summed E-state index contributed by atoms with van der Waals surface area (Å²) in [4.78, 5) is 107. The number of rotatable bonds is 27. The summed E-state index contributed by atoms with van der Waals surface area (Å²) >= 11 is 0. The average molecular weight is 798 g/mol. The van der Waals surface area contributed by atoms with Crippen LogP contribution in [0.1, 0.15) is 100 Å². The molecule has 0 unspecified atom stereocenters. The Labute approximate surface area is 329 Å². The van der Waals surface area contributed by atoms with Gasteiger partial charge in [-0.05, 0) is 62.2 Å². The van der Waals surface area contributed by atoms with Gasteiger partial charge in [0.25, 0.3) is 0 Å². The van der Waals surface area contributed by atoms with Crippen LogP contribution in [0.4, 0.5) is 0 Å². The van der Waals surface area contributed by atoms with Gasteiger partial charge in [-0.15, -0.1) is 0 Å². The Kier molecular flexibility index (Phi) is 23.6. The summed E-state index contributed by atoms with van der Waals surface area (Å²) in [7, 11) is 0. The van der Waals surface area contributed by atoms with Crippen molar-refractivity contribution in [1.29, 1.82) is 0 Å². The van der Waals surface area contributed by atoms with E-state index < -0.39 is 96.0 Å². The van der Waals surface area contributed by atoms with Gasteiger partial charge in [0.15, 0.2) is 5.96 Å². The second kappa shape index (κ2) is 26.0. The quantitative estimate of drug-likeness (QED) is 0.0246. The molecule has 0 saturated heterocycles. The van der Waals surface area contributed by atoms with Gasteiger partial charge in [-0.3, -0.25) is 38.6 Å². The van der Waals surface area contributed by atoms with Crippen molar-refractivity contribution in [2.45, 2.75) is 137 Å². The van der Waals surface area contributed by atoms with E-state index in [0.29, 0.717) is 6.42 Å². The molecule has 0 aliphatic carbocycles. The normalized spacial score (nSPS) is 14.4. The largest absolute Gasteiger partial charge is 0.480 e. The number of nitrogens with two attached hydrogens (primary N) is 4. The fourth-order valence-electron chi connectivity index (χ4n) is 5.44. The van der Waals surface area contributed by atoms with Crippen molar-refractivity contribution in [3.05, 3.63) is 0 Å². The Morgan fingerprint density at radius 1 is 0.589 bits per heavy atom. The zero-order valence-corrected chi connectivity index (χ0v) is 34.1. The molecule has 15 N–H and O–H groups in total. The first-order valence-electron chi connectivity index (χ1n) is 19.1. The minimum Gasteiger partial charge on any atom is -0.480 e. The molecule has 20 heteroatoms. The summed E-state index contributed by atoms with van der Waals surface area (Å²) in [6.45, 7) is 13.8. The number of carbonyl (C=O) groups excluding carboxylic acids is 7. The fourth-order valence-corrected chi connectivity index (χ4v) is 5.44. The number of aliphatic carboxylic acids is 1. The molecule has 320 valence electrons. The molecule has 0 saturated carbocycles. The monoisotopic (exact) mass is 798 g/mol. The Bertz CT molecular complexity index is 1370. The smallest absolute Gasteiger partial charge is 0.326 e. The van der Waals surface area contributed by atoms with E-state index in [1.807, 2.05) is 41.5 Å². The van der Waals surface area contributed by atoms with Crippen LogP contribution in [0, 0.1) is 23.7 Å². The van der Waals surface area contributed by atoms with Gasteiger partial charge in [0.1, 0.15) is 30.2 Å². The van der Waals surface area contributed by atoms with Crippen LogP contribution in [0.2, 0.25) is 0 Å². The number of carboxylic acid groups (broad SMARTS) is 1. The number of primary amides is 1. The lowest BCUT2D eigenvalue weighted by molar-refractivity contribution is -0.143. The number of hydrogen-bond donors (Lipinski definition) is 11. The lowest BCUT2D eigenvalue weighted by atomic mass is 9.99. The van der Waals surface area contributed by atoms with Gasteiger partial charge in [-0.25, -0.2) is 4.79 Å². The maximum absolute atomic E-state index is 13.7. The predicted molar refractivity (Wildman–Crippen MR) is 210 cm³/mol. The molecule has 0 aliphatic rings. The summed E-state index contributed by atoms with van der Waals surface area (Å²) in [5, 5.41) is 24.7. The van der Waals surface area contributed by atoms with E-state index in [0.717, 1.165) is 0 Å². The third kappa shape index (κ3) is 21.8. The van der Waals surface area contributed by atoms with Gasteiger partial charge in [0.2, 0.25) is 41.4 Å². The molecule has 0 bridgehead atoms. The van der Waals surface area contributed by atoms with Crippen LogP contribution in [-0.2, 0) is 38.4 Å². The molecular weight excluding hydrogens is 730 g/mol. The van der Waals surface area contributed by atoms with Gasteiger partial charge >= 0.3 is 5.97 Å². The zero-order chi connectivity index (χ0) is 43.3. The Morgan fingerprint density at radius 2 is 1.04 bits per heavy atom. The Hall–Kier alpha value is -5.01. The minimum absolute atomic E-state index is 0.0441. The molecular formula is C36H67N11O9. The first kappa shape index (κ1) is 51.0. The molecule has 0 aromatic carbocycles. The summed E-state index contributed by atoms with van der Waals surface area (Å²) in [6, 6.07) is -6.85. The lowest BCUT2D eigenvalue weighted by Gasteiger charge is -2.27. The summed E-state index contributed by atoms with van der Waals surface area (Å²) in [6.07, 6.45) is 0.639. The zero-order valence-electron chi connectivity index (χ0n) is 34.1. The highest BCUT2D eigenvalue weighted by Gasteiger charge is 2.32. The van der Waals surface area contributed by atoms with Gasteiger partial charge in [-0.2, -0.15) is 0 Å². The molecule has 0 radical (unpaired) electrons. The van der Waals surface area contributed by atoms with Crippen LogP contribution >= 0.6 is 0 Å².